The summed E-state index contributed by atoms with van der Waals surface area (Å²) in [7, 11) is 4.54. The van der Waals surface area contributed by atoms with E-state index in [1.54, 1.807) is 13.2 Å². The summed E-state index contributed by atoms with van der Waals surface area (Å²) in [5.74, 6) is 0.654. The van der Waals surface area contributed by atoms with Crippen molar-refractivity contribution in [2.75, 3.05) is 36.4 Å². The minimum absolute atomic E-state index is 0.0175. The number of ether oxygens (including phenoxy) is 2. The first-order chi connectivity index (χ1) is 18.4. The molecule has 3 amide bonds. The maximum absolute atomic E-state index is 15.7. The molecule has 2 atom stereocenters. The number of anilines is 3. The van der Waals surface area contributed by atoms with Gasteiger partial charge in [0.1, 0.15) is 11.6 Å². The van der Waals surface area contributed by atoms with E-state index in [9.17, 15) is 9.59 Å². The van der Waals surface area contributed by atoms with E-state index in [2.05, 4.69) is 27.2 Å². The van der Waals surface area contributed by atoms with E-state index in [1.165, 1.54) is 36.2 Å². The van der Waals surface area contributed by atoms with E-state index in [0.29, 0.717) is 28.6 Å². The minimum atomic E-state index is -0.593. The van der Waals surface area contributed by atoms with Gasteiger partial charge in [-0.05, 0) is 37.7 Å². The number of nitrogens with zero attached hydrogens (tertiary/aromatic N) is 4. The Morgan fingerprint density at radius 1 is 1.16 bits per heavy atom. The molecule has 2 heterocycles. The smallest absolute Gasteiger partial charge is 0.330 e. The van der Waals surface area contributed by atoms with Crippen molar-refractivity contribution in [3.63, 3.8) is 0 Å². The standard InChI is InChI=1S/C27H33FN6O4/c1-5-21(35)30-17-8-6-7-9-18(17)31-26-29-13-16-14-34(27(36)33(2)25(16)32-26)24-22(15-10-11-15)19(37-3)12-20(38-4)23(24)28/h5,12-13,15,17-18H,1,6-11,14H2,2-4H3,(H,30,35)(H,29,31,32). The molecule has 2 fully saturated rings. The quantitative estimate of drug-likeness (QED) is 0.500. The van der Waals surface area contributed by atoms with E-state index in [0.717, 1.165) is 38.5 Å². The van der Waals surface area contributed by atoms with Crippen molar-refractivity contribution >= 4 is 29.4 Å². The summed E-state index contributed by atoms with van der Waals surface area (Å²) in [4.78, 5) is 37.5. The van der Waals surface area contributed by atoms with Gasteiger partial charge in [0.15, 0.2) is 11.6 Å². The van der Waals surface area contributed by atoms with Crippen molar-refractivity contribution in [3.8, 4) is 11.5 Å². The zero-order chi connectivity index (χ0) is 27.0. The third-order valence-corrected chi connectivity index (χ3v) is 7.50. The van der Waals surface area contributed by atoms with E-state index < -0.39 is 11.8 Å². The molecule has 0 spiro atoms. The van der Waals surface area contributed by atoms with Crippen molar-refractivity contribution < 1.29 is 23.5 Å². The van der Waals surface area contributed by atoms with Crippen LogP contribution in [0.3, 0.4) is 0 Å². The summed E-state index contributed by atoms with van der Waals surface area (Å²) in [5, 5.41) is 6.33. The highest BCUT2D eigenvalue weighted by molar-refractivity contribution is 6.06. The van der Waals surface area contributed by atoms with Crippen LogP contribution in [0.25, 0.3) is 0 Å². The van der Waals surface area contributed by atoms with Gasteiger partial charge in [-0.25, -0.2) is 14.2 Å². The van der Waals surface area contributed by atoms with Gasteiger partial charge in [0, 0.05) is 42.5 Å². The van der Waals surface area contributed by atoms with Crippen LogP contribution in [-0.2, 0) is 11.3 Å². The van der Waals surface area contributed by atoms with Gasteiger partial charge >= 0.3 is 6.03 Å². The number of benzene rings is 1. The lowest BCUT2D eigenvalue weighted by Gasteiger charge is -2.36. The summed E-state index contributed by atoms with van der Waals surface area (Å²) in [6.07, 6.45) is 8.46. The molecule has 2 N–H and O–H groups in total. The normalized spacial score (nSPS) is 21.0. The molecule has 1 aromatic heterocycles. The maximum Gasteiger partial charge on any atom is 0.330 e. The molecule has 0 saturated heterocycles. The molecule has 2 saturated carbocycles. The molecule has 3 aliphatic rings. The summed E-state index contributed by atoms with van der Waals surface area (Å²) in [6, 6.07) is 1.00. The van der Waals surface area contributed by atoms with E-state index in [4.69, 9.17) is 9.47 Å². The second-order valence-corrected chi connectivity index (χ2v) is 9.96. The van der Waals surface area contributed by atoms with Gasteiger partial charge in [0.2, 0.25) is 11.9 Å². The van der Waals surface area contributed by atoms with Crippen LogP contribution in [-0.4, -0.2) is 55.3 Å². The van der Waals surface area contributed by atoms with Gasteiger partial charge in [-0.2, -0.15) is 4.98 Å². The van der Waals surface area contributed by atoms with Crippen LogP contribution in [0.15, 0.2) is 24.9 Å². The molecule has 1 aliphatic heterocycles. The van der Waals surface area contributed by atoms with Crippen LogP contribution in [0.5, 0.6) is 11.5 Å². The number of fused-ring (bicyclic) bond motifs is 1. The van der Waals surface area contributed by atoms with Gasteiger partial charge in [-0.3, -0.25) is 14.6 Å². The predicted octanol–water partition coefficient (Wildman–Crippen LogP) is 4.11. The number of hydrogen-bond acceptors (Lipinski definition) is 7. The molecule has 2 unspecified atom stereocenters. The molecule has 2 aliphatic carbocycles. The Kier molecular flexibility index (Phi) is 7.09. The van der Waals surface area contributed by atoms with Crippen molar-refractivity contribution in [2.45, 2.75) is 63.1 Å². The SMILES string of the molecule is C=CC(=O)NC1CCCCC1Nc1ncc2c(n1)N(C)C(=O)N(c1c(F)c(OC)cc(OC)c1C1CC1)C2. The number of aromatic nitrogens is 2. The highest BCUT2D eigenvalue weighted by atomic mass is 19.1. The first-order valence-corrected chi connectivity index (χ1v) is 12.9. The Balaban J connectivity index is 1.45. The summed E-state index contributed by atoms with van der Waals surface area (Å²) in [6.45, 7) is 3.64. The number of carbonyl (C=O) groups is 2. The van der Waals surface area contributed by atoms with E-state index in [1.807, 2.05) is 0 Å². The average Bonchev–Trinajstić information content (AvgIpc) is 3.77. The van der Waals surface area contributed by atoms with Crippen LogP contribution < -0.4 is 29.9 Å². The van der Waals surface area contributed by atoms with Crippen molar-refractivity contribution in [2.24, 2.45) is 0 Å². The second kappa shape index (κ2) is 10.5. The molecule has 5 rings (SSSR count). The molecule has 0 bridgehead atoms. The average molecular weight is 525 g/mol. The molecule has 11 heteroatoms. The number of nitrogens with one attached hydrogen (secondary N) is 2. The highest BCUT2D eigenvalue weighted by Crippen LogP contribution is 2.52. The van der Waals surface area contributed by atoms with Gasteiger partial charge in [0.05, 0.1) is 26.5 Å². The zero-order valence-electron chi connectivity index (χ0n) is 21.9. The second-order valence-electron chi connectivity index (χ2n) is 9.96. The lowest BCUT2D eigenvalue weighted by atomic mass is 9.90. The lowest BCUT2D eigenvalue weighted by Crippen LogP contribution is -2.49. The van der Waals surface area contributed by atoms with Gasteiger partial charge < -0.3 is 20.1 Å². The van der Waals surface area contributed by atoms with Crippen LogP contribution in [0.4, 0.5) is 26.6 Å². The van der Waals surface area contributed by atoms with Crippen LogP contribution in [0.1, 0.15) is 55.6 Å². The zero-order valence-corrected chi connectivity index (χ0v) is 21.9. The minimum Gasteiger partial charge on any atom is -0.496 e. The third-order valence-electron chi connectivity index (χ3n) is 7.50. The fraction of sp³-hybridized carbons (Fsp3) is 0.481. The molecular weight excluding hydrogens is 491 g/mol. The summed E-state index contributed by atoms with van der Waals surface area (Å²) < 4.78 is 26.5. The number of hydrogen-bond donors (Lipinski definition) is 2. The van der Waals surface area contributed by atoms with Crippen LogP contribution in [0.2, 0.25) is 0 Å². The molecule has 10 nitrogen and oxygen atoms in total. The largest absolute Gasteiger partial charge is 0.496 e. The van der Waals surface area contributed by atoms with Crippen LogP contribution >= 0.6 is 0 Å². The fourth-order valence-corrected chi connectivity index (χ4v) is 5.40. The number of urea groups is 1. The topological polar surface area (TPSA) is 109 Å². The molecule has 38 heavy (non-hydrogen) atoms. The van der Waals surface area contributed by atoms with Crippen molar-refractivity contribution in [1.29, 1.82) is 0 Å². The summed E-state index contributed by atoms with van der Waals surface area (Å²) >= 11 is 0. The van der Waals surface area contributed by atoms with E-state index >= 15 is 4.39 Å². The first-order valence-electron chi connectivity index (χ1n) is 12.9. The van der Waals surface area contributed by atoms with Crippen LogP contribution in [0, 0.1) is 5.82 Å². The number of methoxy groups -OCH3 is 2. The lowest BCUT2D eigenvalue weighted by molar-refractivity contribution is -0.117. The van der Waals surface area contributed by atoms with Gasteiger partial charge in [-0.1, -0.05) is 19.4 Å². The number of halogens is 1. The molecule has 0 radical (unpaired) electrons. The third kappa shape index (κ3) is 4.72. The number of amides is 3. The van der Waals surface area contributed by atoms with Gasteiger partial charge in [0.25, 0.3) is 0 Å². The molecular formula is C27H33FN6O4. The Morgan fingerprint density at radius 2 is 1.87 bits per heavy atom. The maximum atomic E-state index is 15.7. The Bertz CT molecular complexity index is 1270. The molecule has 1 aromatic carbocycles. The molecule has 202 valence electrons. The van der Waals surface area contributed by atoms with Gasteiger partial charge in [-0.15, -0.1) is 0 Å². The Morgan fingerprint density at radius 3 is 2.53 bits per heavy atom. The molecule has 2 aromatic rings. The number of carbonyl (C=O) groups excluding carboxylic acids is 2. The fourth-order valence-electron chi connectivity index (χ4n) is 5.40. The highest BCUT2D eigenvalue weighted by Gasteiger charge is 2.40. The summed E-state index contributed by atoms with van der Waals surface area (Å²) in [5.41, 5.74) is 1.54. The Labute approximate surface area is 221 Å². The van der Waals surface area contributed by atoms with Crippen molar-refractivity contribution in [3.05, 3.63) is 41.9 Å². The predicted molar refractivity (Wildman–Crippen MR) is 141 cm³/mol. The Hall–Kier alpha value is -3.89. The van der Waals surface area contributed by atoms with Crippen molar-refractivity contribution in [1.82, 2.24) is 15.3 Å². The monoisotopic (exact) mass is 524 g/mol. The van der Waals surface area contributed by atoms with E-state index in [-0.39, 0.29) is 41.9 Å². The first kappa shape index (κ1) is 25.7. The number of rotatable bonds is 8.